The number of Topliss-reactive ketones (excluding diaryl/α,β-unsaturated/α-hetero) is 2. The molecule has 0 aromatic heterocycles. The van der Waals surface area contributed by atoms with Crippen LogP contribution < -0.4 is 20.5 Å². The number of hydrogen-bond donors (Lipinski definition) is 5. The first-order valence-corrected chi connectivity index (χ1v) is 23.6. The minimum Gasteiger partial charge on any atom is -0.400 e. The summed E-state index contributed by atoms with van der Waals surface area (Å²) in [6, 6.07) is 49.4. The number of anilines is 2. The lowest BCUT2D eigenvalue weighted by molar-refractivity contribution is -0.445. The summed E-state index contributed by atoms with van der Waals surface area (Å²) in [7, 11) is -1.34. The van der Waals surface area contributed by atoms with Crippen LogP contribution in [0.15, 0.2) is 180 Å². The number of ketones is 2. The lowest BCUT2D eigenvalue weighted by Crippen LogP contribution is -2.13. The SMILES string of the molecule is CN.CNC(C)=O.CO.C[N+](=O)[O-].C[N+](=O)[O-].Cl.O=C(Cc1ccccc1)Cc1ccc(NS(=O)(=O)c2ccccc2)cc1.O=C(Cc1ccccc1)Cc1ccc(NS(=O)(=O)c2ccccc2)cc1. The summed E-state index contributed by atoms with van der Waals surface area (Å²) in [5.74, 6) is 0.243. The Bertz CT molecular complexity index is 2450. The van der Waals surface area contributed by atoms with Crippen molar-refractivity contribution in [2.75, 3.05) is 44.7 Å². The number of nitrogens with two attached hydrogens (primary N) is 1. The van der Waals surface area contributed by atoms with Crippen LogP contribution in [0.3, 0.4) is 0 Å². The average molecular weight is 1030 g/mol. The van der Waals surface area contributed by atoms with Gasteiger partial charge in [-0.3, -0.25) is 44.1 Å². The van der Waals surface area contributed by atoms with Crippen molar-refractivity contribution in [1.82, 2.24) is 5.32 Å². The van der Waals surface area contributed by atoms with Crippen LogP contribution in [-0.2, 0) is 60.1 Å². The number of benzene rings is 6. The van der Waals surface area contributed by atoms with Crippen molar-refractivity contribution < 1.29 is 46.2 Å². The number of nitro groups is 2. The summed E-state index contributed by atoms with van der Waals surface area (Å²) in [6.07, 6.45) is 1.42. The molecule has 0 atom stereocenters. The van der Waals surface area contributed by atoms with Gasteiger partial charge in [-0.2, -0.15) is 0 Å². The summed E-state index contributed by atoms with van der Waals surface area (Å²) in [5.41, 5.74) is 9.12. The van der Waals surface area contributed by atoms with Crippen LogP contribution in [0.5, 0.6) is 0 Å². The van der Waals surface area contributed by atoms with Gasteiger partial charge in [0.2, 0.25) is 5.91 Å². The highest BCUT2D eigenvalue weighted by Crippen LogP contribution is 2.19. The zero-order valence-electron chi connectivity index (χ0n) is 39.6. The van der Waals surface area contributed by atoms with Crippen molar-refractivity contribution in [3.8, 4) is 0 Å². The molecule has 70 heavy (non-hydrogen) atoms. The second kappa shape index (κ2) is 36.7. The highest BCUT2D eigenvalue weighted by molar-refractivity contribution is 7.93. The Morgan fingerprint density at radius 2 is 0.686 bits per heavy atom. The van der Waals surface area contributed by atoms with E-state index in [0.717, 1.165) is 43.5 Å². The molecular formula is C49H61ClN6O12S2. The molecule has 0 spiro atoms. The molecule has 6 aromatic rings. The quantitative estimate of drug-likeness (QED) is 0.0553. The molecule has 21 heteroatoms. The van der Waals surface area contributed by atoms with Crippen molar-refractivity contribution >= 4 is 61.3 Å². The van der Waals surface area contributed by atoms with Gasteiger partial charge >= 0.3 is 0 Å². The first kappa shape index (κ1) is 64.7. The standard InChI is InChI=1S/2C21H19NO3S.C3H7NO.2CH3NO2.CH5N.CH4O.ClH/c2*23-20(15-17-7-3-1-4-8-17)16-18-11-13-19(14-12-18)22-26(24,25)21-9-5-2-6-10-21;1-3(5)4-2;2*1-2(3)4;2*1-2;/h2*1-14,22H,15-16H2;1-2H3,(H,4,5);2*1H3;2H2,1H3;2H,1H3;1H. The Morgan fingerprint density at radius 3 is 0.900 bits per heavy atom. The van der Waals surface area contributed by atoms with E-state index in [9.17, 15) is 31.2 Å². The average Bonchev–Trinajstić information content (AvgIpc) is 3.33. The molecule has 0 aliphatic carbocycles. The highest BCUT2D eigenvalue weighted by atomic mass is 35.5. The molecule has 6 N–H and O–H groups in total. The minimum atomic E-state index is -3.61. The molecule has 6 aromatic carbocycles. The monoisotopic (exact) mass is 1020 g/mol. The molecule has 0 heterocycles. The summed E-state index contributed by atoms with van der Waals surface area (Å²) < 4.78 is 54.3. The van der Waals surface area contributed by atoms with Crippen LogP contribution >= 0.6 is 12.4 Å². The Kier molecular flexibility index (Phi) is 33.9. The molecule has 0 saturated heterocycles. The highest BCUT2D eigenvalue weighted by Gasteiger charge is 2.15. The summed E-state index contributed by atoms with van der Waals surface area (Å²) in [5, 5.41) is 27.0. The topological polar surface area (TPSA) is 288 Å². The fourth-order valence-corrected chi connectivity index (χ4v) is 7.40. The molecule has 0 bridgehead atoms. The Labute approximate surface area is 416 Å². The number of carbonyl (C=O) groups is 3. The molecule has 0 aliphatic rings. The molecule has 1 amide bonds. The van der Waals surface area contributed by atoms with Gasteiger partial charge < -0.3 is 16.2 Å². The number of rotatable bonds is 14. The maximum atomic E-state index is 12.3. The number of carbonyl (C=O) groups excluding carboxylic acids is 3. The number of halogens is 1. The number of hydrogen-bond acceptors (Lipinski definition) is 13. The van der Waals surface area contributed by atoms with Gasteiger partial charge in [-0.15, -0.1) is 12.4 Å². The molecule has 0 radical (unpaired) electrons. The number of nitrogens with one attached hydrogen (secondary N) is 3. The maximum Gasteiger partial charge on any atom is 0.261 e. The normalized spacial score (nSPS) is 9.60. The van der Waals surface area contributed by atoms with Gasteiger partial charge in [0.1, 0.15) is 11.6 Å². The molecule has 0 unspecified atom stereocenters. The van der Waals surface area contributed by atoms with Crippen molar-refractivity contribution in [3.05, 3.63) is 212 Å². The number of aliphatic hydroxyl groups is 1. The van der Waals surface area contributed by atoms with Gasteiger partial charge in [0.25, 0.3) is 20.0 Å². The number of sulfonamides is 2. The van der Waals surface area contributed by atoms with E-state index in [2.05, 4.69) is 20.5 Å². The van der Waals surface area contributed by atoms with Crippen LogP contribution in [0.1, 0.15) is 29.2 Å². The minimum absolute atomic E-state index is 0. The Balaban J connectivity index is 0. The van der Waals surface area contributed by atoms with E-state index in [4.69, 9.17) is 25.3 Å². The van der Waals surface area contributed by atoms with E-state index >= 15 is 0 Å². The predicted molar refractivity (Wildman–Crippen MR) is 276 cm³/mol. The number of amides is 1. The van der Waals surface area contributed by atoms with Gasteiger partial charge in [0, 0.05) is 68.0 Å². The smallest absolute Gasteiger partial charge is 0.261 e. The van der Waals surface area contributed by atoms with Crippen LogP contribution in [0.2, 0.25) is 0 Å². The van der Waals surface area contributed by atoms with Crippen LogP contribution in [-0.4, -0.2) is 84.6 Å². The third-order valence-corrected chi connectivity index (χ3v) is 11.0. The van der Waals surface area contributed by atoms with Gasteiger partial charge in [0.15, 0.2) is 14.1 Å². The summed E-state index contributed by atoms with van der Waals surface area (Å²) in [4.78, 5) is 51.1. The second-order valence-corrected chi connectivity index (χ2v) is 17.0. The molecule has 0 fully saturated rings. The second-order valence-electron chi connectivity index (χ2n) is 13.7. The predicted octanol–water partition coefficient (Wildman–Crippen LogP) is 6.83. The van der Waals surface area contributed by atoms with E-state index in [1.165, 1.54) is 14.0 Å². The third kappa shape index (κ3) is 30.1. The third-order valence-electron chi connectivity index (χ3n) is 8.16. The van der Waals surface area contributed by atoms with E-state index < -0.39 is 29.9 Å². The first-order chi connectivity index (χ1) is 32.8. The van der Waals surface area contributed by atoms with E-state index in [1.54, 1.807) is 116 Å². The maximum absolute atomic E-state index is 12.3. The Morgan fingerprint density at radius 1 is 0.486 bits per heavy atom. The number of nitrogens with zero attached hydrogens (tertiary/aromatic N) is 2. The molecule has 6 rings (SSSR count). The molecule has 378 valence electrons. The van der Waals surface area contributed by atoms with Crippen LogP contribution in [0, 0.1) is 20.2 Å². The van der Waals surface area contributed by atoms with Gasteiger partial charge in [-0.1, -0.05) is 121 Å². The molecule has 18 nitrogen and oxygen atoms in total. The van der Waals surface area contributed by atoms with Crippen LogP contribution in [0.25, 0.3) is 0 Å². The van der Waals surface area contributed by atoms with Gasteiger partial charge in [0.05, 0.1) is 9.79 Å². The molecular weight excluding hydrogens is 964 g/mol. The number of aliphatic hydroxyl groups excluding tert-OH is 1. The van der Waals surface area contributed by atoms with Crippen LogP contribution in [0.4, 0.5) is 11.4 Å². The largest absolute Gasteiger partial charge is 0.400 e. The van der Waals surface area contributed by atoms with E-state index in [-0.39, 0.29) is 39.7 Å². The van der Waals surface area contributed by atoms with Crippen molar-refractivity contribution in [2.45, 2.75) is 42.4 Å². The Hall–Kier alpha value is -7.36. The first-order valence-electron chi connectivity index (χ1n) is 20.6. The van der Waals surface area contributed by atoms with Crippen molar-refractivity contribution in [1.29, 1.82) is 0 Å². The molecule has 0 aliphatic heterocycles. The lowest BCUT2D eigenvalue weighted by atomic mass is 10.0. The summed E-state index contributed by atoms with van der Waals surface area (Å²) >= 11 is 0. The zero-order valence-corrected chi connectivity index (χ0v) is 42.1. The van der Waals surface area contributed by atoms with E-state index in [0.29, 0.717) is 37.1 Å². The van der Waals surface area contributed by atoms with E-state index in [1.807, 2.05) is 60.7 Å². The molecule has 0 saturated carbocycles. The summed E-state index contributed by atoms with van der Waals surface area (Å²) in [6.45, 7) is 1.47. The van der Waals surface area contributed by atoms with Gasteiger partial charge in [-0.25, -0.2) is 16.8 Å². The van der Waals surface area contributed by atoms with Crippen molar-refractivity contribution in [2.24, 2.45) is 5.73 Å². The fourth-order valence-electron chi connectivity index (χ4n) is 5.24. The fraction of sp³-hybridized carbons (Fsp3) is 0.204. The zero-order chi connectivity index (χ0) is 52.3. The lowest BCUT2D eigenvalue weighted by Gasteiger charge is -2.09. The van der Waals surface area contributed by atoms with Crippen molar-refractivity contribution in [3.63, 3.8) is 0 Å². The van der Waals surface area contributed by atoms with Gasteiger partial charge in [-0.05, 0) is 77.8 Å².